The van der Waals surface area contributed by atoms with Crippen LogP contribution in [0.1, 0.15) is 67.7 Å². The van der Waals surface area contributed by atoms with Gasteiger partial charge in [0.25, 0.3) is 0 Å². The summed E-state index contributed by atoms with van der Waals surface area (Å²) >= 11 is -1.98. The molecule has 0 aromatic rings. The molecule has 0 aromatic carbocycles. The number of aliphatic hydroxyl groups is 2. The Kier molecular flexibility index (Phi) is 6.57. The van der Waals surface area contributed by atoms with Crippen molar-refractivity contribution in [3.63, 3.8) is 0 Å². The van der Waals surface area contributed by atoms with Gasteiger partial charge in [0.2, 0.25) is 0 Å². The first kappa shape index (κ1) is 22.9. The van der Waals surface area contributed by atoms with Crippen molar-refractivity contribution in [3.05, 3.63) is 0 Å². The molecule has 1 saturated carbocycles. The van der Waals surface area contributed by atoms with Gasteiger partial charge in [-0.3, -0.25) is 0 Å². The van der Waals surface area contributed by atoms with E-state index < -0.39 is 41.7 Å². The molecule has 2 aliphatic rings. The predicted molar refractivity (Wildman–Crippen MR) is 108 cm³/mol. The standard InChI is InChI=1S/C22H44IO3/c1-13-12-21(19(7)24)11-10-14(2)23(8,9)18(6)15(3)16(4)20(25)22(21,26)17(13)5/h13-20,24-26H,10-12H2,1-9H3/q-1/p+1/t13-,14-,15-,16+,17?,18-,19-,20?,21-,22+/m1/s1. The third-order valence-electron chi connectivity index (χ3n) is 9.22. The fourth-order valence-electron chi connectivity index (χ4n) is 6.12. The van der Waals surface area contributed by atoms with Crippen molar-refractivity contribution in [1.29, 1.82) is 0 Å². The van der Waals surface area contributed by atoms with E-state index in [1.807, 2.05) is 6.92 Å². The molecular weight excluding hydrogens is 439 g/mol. The molecule has 0 aromatic heterocycles. The van der Waals surface area contributed by atoms with Gasteiger partial charge in [0.1, 0.15) is 0 Å². The molecule has 1 aliphatic carbocycles. The molecule has 4 heteroatoms. The third-order valence-corrected chi connectivity index (χ3v) is 21.5. The zero-order valence-electron chi connectivity index (χ0n) is 18.5. The number of aliphatic hydroxyl groups excluding tert-OH is 1. The van der Waals surface area contributed by atoms with Crippen LogP contribution in [-0.2, 0) is 0 Å². The molecule has 2 unspecified atom stereocenters. The molecule has 2 fully saturated rings. The monoisotopic (exact) mass is 484 g/mol. The van der Waals surface area contributed by atoms with Gasteiger partial charge in [-0.15, -0.1) is 0 Å². The summed E-state index contributed by atoms with van der Waals surface area (Å²) in [7, 11) is 0. The van der Waals surface area contributed by atoms with Gasteiger partial charge in [-0.2, -0.15) is 0 Å². The Morgan fingerprint density at radius 1 is 1.04 bits per heavy atom. The van der Waals surface area contributed by atoms with Crippen molar-refractivity contribution in [1.82, 2.24) is 0 Å². The fourth-order valence-corrected chi connectivity index (χ4v) is 13.6. The van der Waals surface area contributed by atoms with Crippen LogP contribution in [-0.4, -0.2) is 50.8 Å². The average molecular weight is 485 g/mol. The van der Waals surface area contributed by atoms with Crippen molar-refractivity contribution < 1.29 is 33.8 Å². The van der Waals surface area contributed by atoms with Gasteiger partial charge in [-0.1, -0.05) is 0 Å². The van der Waals surface area contributed by atoms with E-state index in [0.29, 0.717) is 19.7 Å². The molecule has 3 nitrogen and oxygen atoms in total. The summed E-state index contributed by atoms with van der Waals surface area (Å²) in [6, 6.07) is 0. The van der Waals surface area contributed by atoms with Crippen LogP contribution < -0.4 is 18.4 Å². The molecule has 0 bridgehead atoms. The van der Waals surface area contributed by atoms with Crippen LogP contribution in [0.25, 0.3) is 0 Å². The van der Waals surface area contributed by atoms with Crippen LogP contribution in [0.3, 0.4) is 0 Å². The molecule has 0 radical (unpaired) electrons. The van der Waals surface area contributed by atoms with E-state index in [1.54, 1.807) is 0 Å². The van der Waals surface area contributed by atoms with Crippen LogP contribution in [0, 0.1) is 29.1 Å². The minimum atomic E-state index is -1.98. The number of hydrogen-bond acceptors (Lipinski definition) is 2. The van der Waals surface area contributed by atoms with Crippen molar-refractivity contribution in [2.75, 3.05) is 9.86 Å². The molecular formula is C22H45IO3. The summed E-state index contributed by atoms with van der Waals surface area (Å²) in [4.78, 5) is 5.10. The first-order valence-corrected chi connectivity index (χ1v) is 17.3. The van der Waals surface area contributed by atoms with E-state index in [2.05, 4.69) is 51.4 Å². The van der Waals surface area contributed by atoms with E-state index in [-0.39, 0.29) is 11.8 Å². The van der Waals surface area contributed by atoms with Gasteiger partial charge in [-0.05, 0) is 0 Å². The number of fused-ring (bicyclic) bond motifs is 1. The summed E-state index contributed by atoms with van der Waals surface area (Å²) in [5.74, 6) is 0.956. The Morgan fingerprint density at radius 2 is 1.58 bits per heavy atom. The molecule has 1 saturated heterocycles. The number of alkyl halides is 4. The molecule has 0 spiro atoms. The Hall–Kier alpha value is 0.610. The molecule has 26 heavy (non-hydrogen) atoms. The molecule has 4 N–H and O–H groups in total. The average Bonchev–Trinajstić information content (AvgIpc) is 2.78. The second-order valence-corrected chi connectivity index (χ2v) is 22.1. The SMILES string of the molecule is CC1[C@H](C)C[C@@]2([C@@H](C)O)CC[C@@H](C)[I-](C)(C)[C@H](C)[C@H](C)[C@H](C)C([OH2+])[C@@]12O. The van der Waals surface area contributed by atoms with E-state index in [1.165, 1.54) is 0 Å². The second kappa shape index (κ2) is 7.46. The normalized spacial score (nSPS) is 55.0. The van der Waals surface area contributed by atoms with Crippen LogP contribution in [0.5, 0.6) is 0 Å². The van der Waals surface area contributed by atoms with Crippen LogP contribution in [0.4, 0.5) is 0 Å². The maximum absolute atomic E-state index is 12.1. The van der Waals surface area contributed by atoms with Crippen molar-refractivity contribution >= 4 is 0 Å². The number of halogens is 1. The van der Waals surface area contributed by atoms with Gasteiger partial charge < -0.3 is 0 Å². The zero-order chi connectivity index (χ0) is 20.2. The van der Waals surface area contributed by atoms with Gasteiger partial charge in [-0.25, -0.2) is 0 Å². The summed E-state index contributed by atoms with van der Waals surface area (Å²) in [6.07, 6.45) is 1.66. The molecule has 0 amide bonds. The van der Waals surface area contributed by atoms with Gasteiger partial charge >= 0.3 is 166 Å². The zero-order valence-corrected chi connectivity index (χ0v) is 20.7. The van der Waals surface area contributed by atoms with E-state index >= 15 is 0 Å². The Morgan fingerprint density at radius 3 is 2.08 bits per heavy atom. The molecule has 1 heterocycles. The molecule has 1 aliphatic heterocycles. The third kappa shape index (κ3) is 3.09. The molecule has 2 rings (SSSR count). The Labute approximate surface area is 165 Å². The number of rotatable bonds is 1. The summed E-state index contributed by atoms with van der Waals surface area (Å²) in [5.41, 5.74) is -1.65. The van der Waals surface area contributed by atoms with Gasteiger partial charge in [0.15, 0.2) is 0 Å². The number of hydrogen-bond donors (Lipinski definition) is 2. The van der Waals surface area contributed by atoms with Crippen LogP contribution in [0.15, 0.2) is 0 Å². The topological polar surface area (TPSA) is 63.4 Å². The van der Waals surface area contributed by atoms with E-state index in [9.17, 15) is 15.3 Å². The Bertz CT molecular complexity index is 508. The van der Waals surface area contributed by atoms with E-state index in [4.69, 9.17) is 0 Å². The van der Waals surface area contributed by atoms with Crippen molar-refractivity contribution in [3.8, 4) is 0 Å². The first-order valence-electron chi connectivity index (χ1n) is 10.5. The first-order chi connectivity index (χ1) is 11.7. The van der Waals surface area contributed by atoms with Gasteiger partial charge in [0, 0.05) is 0 Å². The summed E-state index contributed by atoms with van der Waals surface area (Å²) < 4.78 is 1.36. The van der Waals surface area contributed by atoms with Crippen LogP contribution in [0.2, 0.25) is 0 Å². The van der Waals surface area contributed by atoms with Crippen LogP contribution >= 0.6 is 0 Å². The fraction of sp³-hybridized carbons (Fsp3) is 1.00. The second-order valence-electron chi connectivity index (χ2n) is 10.2. The predicted octanol–water partition coefficient (Wildman–Crippen LogP) is 0.117. The molecule has 10 atom stereocenters. The van der Waals surface area contributed by atoms with E-state index in [0.717, 1.165) is 19.3 Å². The minimum absolute atomic E-state index is 0.0492. The maximum atomic E-state index is 12.1. The summed E-state index contributed by atoms with van der Waals surface area (Å²) in [6.45, 7) is 15.5. The summed E-state index contributed by atoms with van der Waals surface area (Å²) in [5, 5.41) is 32.3. The van der Waals surface area contributed by atoms with Crippen molar-refractivity contribution in [2.45, 2.75) is 93.4 Å². The van der Waals surface area contributed by atoms with Gasteiger partial charge in [0.05, 0.1) is 0 Å². The Balaban J connectivity index is 2.63. The quantitative estimate of drug-likeness (QED) is 0.316. The van der Waals surface area contributed by atoms with Crippen molar-refractivity contribution in [2.24, 2.45) is 29.1 Å². The molecule has 158 valence electrons.